The van der Waals surface area contributed by atoms with Gasteiger partial charge in [-0.1, -0.05) is 0 Å². The number of hydroxylamine groups is 1. The van der Waals surface area contributed by atoms with Gasteiger partial charge in [0.05, 0.1) is 0 Å². The molecule has 8 heavy (non-hydrogen) atoms. The summed E-state index contributed by atoms with van der Waals surface area (Å²) in [5, 5.41) is 0. The molecule has 44 valence electrons. The Hall–Kier alpha value is -0.410. The average molecular weight is 113 g/mol. The first-order valence-corrected chi connectivity index (χ1v) is 2.82. The molecule has 1 atom stereocenters. The van der Waals surface area contributed by atoms with E-state index in [0.29, 0.717) is 6.42 Å². The number of nitrogens with one attached hydrogen (secondary N) is 1. The molecular weight excluding hydrogens is 106 g/mol. The topological polar surface area (TPSA) is 51.5 Å². The van der Waals surface area contributed by atoms with Crippen LogP contribution in [0.15, 0.2) is 0 Å². The molecule has 3 heteroatoms. The zero-order valence-electron chi connectivity index (χ0n) is 4.44. The van der Waals surface area contributed by atoms with Gasteiger partial charge in [-0.3, -0.25) is 9.63 Å². The fraction of sp³-hybridized carbons (Fsp3) is 0.800. The number of carbonyl (C=O) groups is 1. The van der Waals surface area contributed by atoms with Crippen LogP contribution >= 0.6 is 0 Å². The van der Waals surface area contributed by atoms with Crippen LogP contribution < -0.4 is 5.48 Å². The smallest absolute Gasteiger partial charge is 0.220 e. The minimum absolute atomic E-state index is 0.220. The first kappa shape index (κ1) is 4.47. The quantitative estimate of drug-likeness (QED) is 0.449. The second kappa shape index (κ2) is 1.11. The van der Waals surface area contributed by atoms with Gasteiger partial charge in [0.15, 0.2) is 5.78 Å². The van der Waals surface area contributed by atoms with Gasteiger partial charge < -0.3 is 0 Å². The van der Waals surface area contributed by atoms with E-state index in [-0.39, 0.29) is 5.78 Å². The maximum Gasteiger partial charge on any atom is 0.220 e. The normalized spacial score (nSPS) is 43.8. The molecule has 0 aromatic rings. The molecule has 2 aliphatic rings. The largest absolute Gasteiger partial charge is 0.295 e. The fourth-order valence-electron chi connectivity index (χ4n) is 1.12. The molecule has 0 amide bonds. The maximum atomic E-state index is 10.8. The summed E-state index contributed by atoms with van der Waals surface area (Å²) >= 11 is 0. The average Bonchev–Trinajstić information content (AvgIpc) is 2.39. The number of Topliss-reactive ketones (excluding diaryl/α,β-unsaturated/α-hetero) is 1. The van der Waals surface area contributed by atoms with Crippen LogP contribution in [0.2, 0.25) is 0 Å². The van der Waals surface area contributed by atoms with Crippen molar-refractivity contribution < 1.29 is 9.63 Å². The van der Waals surface area contributed by atoms with Gasteiger partial charge in [0.25, 0.3) is 0 Å². The van der Waals surface area contributed by atoms with E-state index in [1.165, 1.54) is 0 Å². The molecule has 0 aromatic heterocycles. The van der Waals surface area contributed by atoms with Crippen molar-refractivity contribution in [1.82, 2.24) is 5.48 Å². The van der Waals surface area contributed by atoms with Crippen LogP contribution in [-0.4, -0.2) is 11.5 Å². The molecule has 3 nitrogen and oxygen atoms in total. The van der Waals surface area contributed by atoms with Gasteiger partial charge in [0.2, 0.25) is 5.72 Å². The van der Waals surface area contributed by atoms with Crippen LogP contribution in [0, 0.1) is 0 Å². The molecule has 1 aliphatic heterocycles. The highest BCUT2D eigenvalue weighted by atomic mass is 16.8. The third-order valence-electron chi connectivity index (χ3n) is 1.73. The summed E-state index contributed by atoms with van der Waals surface area (Å²) in [6.45, 7) is 0. The maximum absolute atomic E-state index is 10.8. The summed E-state index contributed by atoms with van der Waals surface area (Å²) in [4.78, 5) is 15.5. The molecule has 2 rings (SSSR count). The molecule has 1 heterocycles. The van der Waals surface area contributed by atoms with E-state index in [1.54, 1.807) is 0 Å². The Morgan fingerprint density at radius 3 is 2.75 bits per heavy atom. The van der Waals surface area contributed by atoms with Crippen molar-refractivity contribution in [2.24, 2.45) is 0 Å². The summed E-state index contributed by atoms with van der Waals surface area (Å²) in [6.07, 6.45) is 2.53. The van der Waals surface area contributed by atoms with Crippen molar-refractivity contribution in [3.8, 4) is 0 Å². The lowest BCUT2D eigenvalue weighted by Crippen LogP contribution is -2.19. The van der Waals surface area contributed by atoms with Crippen molar-refractivity contribution >= 4 is 5.78 Å². The fourth-order valence-corrected chi connectivity index (χ4v) is 1.12. The van der Waals surface area contributed by atoms with Crippen LogP contribution in [-0.2, 0) is 9.63 Å². The molecule has 1 aliphatic carbocycles. The van der Waals surface area contributed by atoms with Crippen molar-refractivity contribution in [3.63, 3.8) is 0 Å². The van der Waals surface area contributed by atoms with E-state index < -0.39 is 5.72 Å². The van der Waals surface area contributed by atoms with E-state index in [1.807, 2.05) is 0 Å². The predicted octanol–water partition coefficient (Wildman–Crippen LogP) is -0.0295. The van der Waals surface area contributed by atoms with Crippen LogP contribution in [0.5, 0.6) is 0 Å². The Balaban J connectivity index is 2.23. The molecule has 1 N–H and O–H groups in total. The first-order valence-electron chi connectivity index (χ1n) is 2.82. The third-order valence-corrected chi connectivity index (χ3v) is 1.73. The zero-order chi connectivity index (χ0) is 5.61. The lowest BCUT2D eigenvalue weighted by atomic mass is 10.2. The van der Waals surface area contributed by atoms with Crippen molar-refractivity contribution in [2.45, 2.75) is 25.0 Å². The molecule has 1 saturated carbocycles. The summed E-state index contributed by atoms with van der Waals surface area (Å²) in [5.74, 6) is 0.220. The van der Waals surface area contributed by atoms with Crippen LogP contribution in [0.3, 0.4) is 0 Å². The first-order chi connectivity index (χ1) is 3.83. The standard InChI is InChI=1S/C5H7NO2/c7-4-2-1-3-5(4)6-8-5/h6H,1-3H2. The van der Waals surface area contributed by atoms with Crippen LogP contribution in [0.1, 0.15) is 19.3 Å². The van der Waals surface area contributed by atoms with E-state index in [2.05, 4.69) is 5.48 Å². The molecule has 1 unspecified atom stereocenters. The lowest BCUT2D eigenvalue weighted by Gasteiger charge is -1.89. The van der Waals surface area contributed by atoms with Gasteiger partial charge in [-0.25, -0.2) is 0 Å². The third kappa shape index (κ3) is 0.381. The van der Waals surface area contributed by atoms with Crippen molar-refractivity contribution in [1.29, 1.82) is 0 Å². The highest BCUT2D eigenvalue weighted by Gasteiger charge is 2.54. The van der Waals surface area contributed by atoms with Crippen LogP contribution in [0.25, 0.3) is 0 Å². The Bertz CT molecular complexity index is 139. The van der Waals surface area contributed by atoms with Crippen molar-refractivity contribution in [2.75, 3.05) is 0 Å². The number of rotatable bonds is 0. The Morgan fingerprint density at radius 1 is 1.75 bits per heavy atom. The minimum atomic E-state index is -0.486. The molecule has 0 aromatic carbocycles. The van der Waals surface area contributed by atoms with E-state index in [9.17, 15) is 4.79 Å². The van der Waals surface area contributed by atoms with Gasteiger partial charge in [-0.15, -0.1) is 0 Å². The monoisotopic (exact) mass is 113 g/mol. The Kier molecular flexibility index (Phi) is 0.623. The van der Waals surface area contributed by atoms with E-state index in [0.717, 1.165) is 12.8 Å². The van der Waals surface area contributed by atoms with Gasteiger partial charge in [0, 0.05) is 12.8 Å². The second-order valence-corrected chi connectivity index (χ2v) is 2.31. The summed E-state index contributed by atoms with van der Waals surface area (Å²) in [7, 11) is 0. The van der Waals surface area contributed by atoms with E-state index in [4.69, 9.17) is 4.84 Å². The highest BCUT2D eigenvalue weighted by Crippen LogP contribution is 2.34. The number of hydrogen-bond donors (Lipinski definition) is 1. The van der Waals surface area contributed by atoms with Gasteiger partial charge in [0.1, 0.15) is 0 Å². The zero-order valence-corrected chi connectivity index (χ0v) is 4.44. The summed E-state index contributed by atoms with van der Waals surface area (Å²) in [6, 6.07) is 0. The van der Waals surface area contributed by atoms with Gasteiger partial charge >= 0.3 is 0 Å². The van der Waals surface area contributed by atoms with Gasteiger partial charge in [-0.2, -0.15) is 5.48 Å². The molecule has 0 bridgehead atoms. The Morgan fingerprint density at radius 2 is 2.50 bits per heavy atom. The minimum Gasteiger partial charge on any atom is -0.295 e. The molecule has 0 radical (unpaired) electrons. The number of carbonyl (C=O) groups excluding carboxylic acids is 1. The highest BCUT2D eigenvalue weighted by molar-refractivity contribution is 5.90. The molecule has 1 spiro atoms. The summed E-state index contributed by atoms with van der Waals surface area (Å²) < 4.78 is 0. The molecule has 1 saturated heterocycles. The molecular formula is C5H7NO2. The SMILES string of the molecule is O=C1CCCC12NO2. The van der Waals surface area contributed by atoms with Crippen molar-refractivity contribution in [3.05, 3.63) is 0 Å². The summed E-state index contributed by atoms with van der Waals surface area (Å²) in [5.41, 5.74) is 2.12. The second-order valence-electron chi connectivity index (χ2n) is 2.31. The Labute approximate surface area is 47.0 Å². The lowest BCUT2D eigenvalue weighted by molar-refractivity contribution is -0.121. The van der Waals surface area contributed by atoms with Gasteiger partial charge in [-0.05, 0) is 6.42 Å². The number of ketones is 1. The predicted molar refractivity (Wildman–Crippen MR) is 25.8 cm³/mol. The van der Waals surface area contributed by atoms with E-state index >= 15 is 0 Å². The van der Waals surface area contributed by atoms with Crippen LogP contribution in [0.4, 0.5) is 0 Å². The molecule has 2 fully saturated rings. The number of hydrogen-bond acceptors (Lipinski definition) is 3.